The van der Waals surface area contributed by atoms with Gasteiger partial charge in [0.2, 0.25) is 10.0 Å². The molecule has 0 aliphatic carbocycles. The third kappa shape index (κ3) is 3.82. The van der Waals surface area contributed by atoms with Crippen LogP contribution < -0.4 is 0 Å². The Hall–Kier alpha value is -0.520. The van der Waals surface area contributed by atoms with Gasteiger partial charge in [0, 0.05) is 31.5 Å². The summed E-state index contributed by atoms with van der Waals surface area (Å²) in [6.45, 7) is 6.32. The number of aromatic nitrogens is 1. The van der Waals surface area contributed by atoms with Gasteiger partial charge in [0.15, 0.2) is 0 Å². The van der Waals surface area contributed by atoms with Gasteiger partial charge in [0.05, 0.1) is 5.88 Å². The second-order valence-corrected chi connectivity index (χ2v) is 8.14. The van der Waals surface area contributed by atoms with E-state index >= 15 is 0 Å². The topological polar surface area (TPSA) is 42.3 Å². The molecule has 0 amide bonds. The summed E-state index contributed by atoms with van der Waals surface area (Å²) in [4.78, 5) is 0.390. The van der Waals surface area contributed by atoms with E-state index in [1.807, 2.05) is 4.57 Å². The van der Waals surface area contributed by atoms with Gasteiger partial charge < -0.3 is 4.57 Å². The van der Waals surface area contributed by atoms with Gasteiger partial charge in [-0.05, 0) is 37.7 Å². The first kappa shape index (κ1) is 16.8. The molecule has 1 aliphatic rings. The summed E-state index contributed by atoms with van der Waals surface area (Å²) in [6.07, 6.45) is 5.69. The molecular weight excluding hydrogens is 308 g/mol. The largest absolute Gasteiger partial charge is 0.349 e. The monoisotopic (exact) mass is 332 g/mol. The Balaban J connectivity index is 2.26. The third-order valence-electron chi connectivity index (χ3n) is 4.18. The maximum atomic E-state index is 12.8. The van der Waals surface area contributed by atoms with E-state index in [0.29, 0.717) is 29.8 Å². The van der Waals surface area contributed by atoms with Crippen LogP contribution in [-0.4, -0.2) is 30.4 Å². The zero-order valence-corrected chi connectivity index (χ0v) is 14.5. The summed E-state index contributed by atoms with van der Waals surface area (Å²) >= 11 is 5.93. The molecule has 1 aromatic heterocycles. The van der Waals surface area contributed by atoms with Crippen LogP contribution in [0.25, 0.3) is 0 Å². The molecule has 1 fully saturated rings. The fraction of sp³-hybridized carbons (Fsp3) is 0.733. The Morgan fingerprint density at radius 3 is 2.76 bits per heavy atom. The van der Waals surface area contributed by atoms with Crippen molar-refractivity contribution in [2.45, 2.75) is 56.9 Å². The molecule has 4 nitrogen and oxygen atoms in total. The highest BCUT2D eigenvalue weighted by atomic mass is 35.5. The van der Waals surface area contributed by atoms with Crippen molar-refractivity contribution < 1.29 is 8.42 Å². The van der Waals surface area contributed by atoms with Crippen LogP contribution in [0.5, 0.6) is 0 Å². The highest BCUT2D eigenvalue weighted by molar-refractivity contribution is 7.89. The SMILES string of the molecule is CCCn1cc(S(=O)(=O)N2CCCC(C)CC2)cc1CCl. The van der Waals surface area contributed by atoms with Gasteiger partial charge in [-0.15, -0.1) is 11.6 Å². The first-order valence-corrected chi connectivity index (χ1v) is 9.71. The zero-order valence-electron chi connectivity index (χ0n) is 12.9. The van der Waals surface area contributed by atoms with E-state index in [4.69, 9.17) is 11.6 Å². The number of alkyl halides is 1. The van der Waals surface area contributed by atoms with Crippen molar-refractivity contribution in [3.8, 4) is 0 Å². The molecule has 120 valence electrons. The predicted molar refractivity (Wildman–Crippen MR) is 86.1 cm³/mol. The van der Waals surface area contributed by atoms with Crippen LogP contribution in [0, 0.1) is 5.92 Å². The van der Waals surface area contributed by atoms with E-state index in [9.17, 15) is 8.42 Å². The van der Waals surface area contributed by atoms with Gasteiger partial charge in [-0.3, -0.25) is 0 Å². The van der Waals surface area contributed by atoms with Crippen molar-refractivity contribution in [2.24, 2.45) is 5.92 Å². The lowest BCUT2D eigenvalue weighted by atomic mass is 10.0. The molecule has 21 heavy (non-hydrogen) atoms. The van der Waals surface area contributed by atoms with Crippen molar-refractivity contribution in [1.29, 1.82) is 0 Å². The van der Waals surface area contributed by atoms with Gasteiger partial charge >= 0.3 is 0 Å². The van der Waals surface area contributed by atoms with Gasteiger partial charge in [-0.2, -0.15) is 4.31 Å². The van der Waals surface area contributed by atoms with Crippen LogP contribution in [0.2, 0.25) is 0 Å². The third-order valence-corrected chi connectivity index (χ3v) is 6.31. The molecule has 0 saturated carbocycles. The molecule has 0 N–H and O–H groups in total. The Morgan fingerprint density at radius 1 is 1.33 bits per heavy atom. The van der Waals surface area contributed by atoms with E-state index in [1.54, 1.807) is 16.6 Å². The number of rotatable bonds is 5. The molecule has 0 radical (unpaired) electrons. The Bertz CT molecular complexity index is 568. The molecule has 0 bridgehead atoms. The predicted octanol–water partition coefficient (Wildman–Crippen LogP) is 3.45. The van der Waals surface area contributed by atoms with E-state index in [1.165, 1.54) is 0 Å². The molecule has 0 aromatic carbocycles. The maximum Gasteiger partial charge on any atom is 0.244 e. The van der Waals surface area contributed by atoms with Crippen LogP contribution in [-0.2, 0) is 22.4 Å². The second kappa shape index (κ2) is 7.16. The van der Waals surface area contributed by atoms with Crippen molar-refractivity contribution in [1.82, 2.24) is 8.87 Å². The van der Waals surface area contributed by atoms with E-state index < -0.39 is 10.0 Å². The minimum Gasteiger partial charge on any atom is -0.349 e. The minimum atomic E-state index is -3.39. The number of hydrogen-bond acceptors (Lipinski definition) is 2. The molecule has 2 heterocycles. The van der Waals surface area contributed by atoms with Crippen molar-refractivity contribution in [3.63, 3.8) is 0 Å². The fourth-order valence-corrected chi connectivity index (χ4v) is 4.64. The van der Waals surface area contributed by atoms with Gasteiger partial charge in [0.25, 0.3) is 0 Å². The molecule has 1 unspecified atom stereocenters. The average molecular weight is 333 g/mol. The summed E-state index contributed by atoms with van der Waals surface area (Å²) in [5.41, 5.74) is 0.875. The van der Waals surface area contributed by atoms with Crippen molar-refractivity contribution in [3.05, 3.63) is 18.0 Å². The van der Waals surface area contributed by atoms with E-state index in [-0.39, 0.29) is 0 Å². The molecule has 1 atom stereocenters. The van der Waals surface area contributed by atoms with E-state index in [2.05, 4.69) is 13.8 Å². The van der Waals surface area contributed by atoms with Gasteiger partial charge in [-0.1, -0.05) is 13.8 Å². The van der Waals surface area contributed by atoms with Crippen LogP contribution in [0.1, 0.15) is 45.2 Å². The average Bonchev–Trinajstić information content (AvgIpc) is 2.73. The Labute approximate surface area is 133 Å². The quantitative estimate of drug-likeness (QED) is 0.775. The molecule has 0 spiro atoms. The van der Waals surface area contributed by atoms with Crippen molar-refractivity contribution >= 4 is 21.6 Å². The normalized spacial score (nSPS) is 21.4. The molecule has 1 saturated heterocycles. The van der Waals surface area contributed by atoms with Gasteiger partial charge in [-0.25, -0.2) is 8.42 Å². The summed E-state index contributed by atoms with van der Waals surface area (Å²) in [7, 11) is -3.39. The number of halogens is 1. The zero-order chi connectivity index (χ0) is 15.5. The van der Waals surface area contributed by atoms with Crippen molar-refractivity contribution in [2.75, 3.05) is 13.1 Å². The molecular formula is C15H25ClN2O2S. The van der Waals surface area contributed by atoms with Crippen LogP contribution in [0.15, 0.2) is 17.2 Å². The lowest BCUT2D eigenvalue weighted by Crippen LogP contribution is -2.31. The van der Waals surface area contributed by atoms with Crippen LogP contribution in [0.3, 0.4) is 0 Å². The number of aryl methyl sites for hydroxylation is 1. The fourth-order valence-electron chi connectivity index (χ4n) is 2.85. The summed E-state index contributed by atoms with van der Waals surface area (Å²) in [6, 6.07) is 1.73. The highest BCUT2D eigenvalue weighted by Crippen LogP contribution is 2.25. The Morgan fingerprint density at radius 2 is 2.10 bits per heavy atom. The molecule has 1 aliphatic heterocycles. The lowest BCUT2D eigenvalue weighted by molar-refractivity contribution is 0.416. The number of nitrogens with zero attached hydrogens (tertiary/aromatic N) is 2. The maximum absolute atomic E-state index is 12.8. The minimum absolute atomic E-state index is 0.340. The molecule has 2 rings (SSSR count). The highest BCUT2D eigenvalue weighted by Gasteiger charge is 2.28. The smallest absolute Gasteiger partial charge is 0.244 e. The number of sulfonamides is 1. The van der Waals surface area contributed by atoms with E-state index in [0.717, 1.165) is 37.9 Å². The second-order valence-electron chi connectivity index (χ2n) is 5.93. The standard InChI is InChI=1S/C15H25ClN2O2S/c1-3-7-17-12-15(10-14(17)11-16)21(19,20)18-8-4-5-13(2)6-9-18/h10,12-13H,3-9,11H2,1-2H3. The van der Waals surface area contributed by atoms with Crippen LogP contribution >= 0.6 is 11.6 Å². The summed E-state index contributed by atoms with van der Waals surface area (Å²) in [5, 5.41) is 0. The number of hydrogen-bond donors (Lipinski definition) is 0. The molecule has 1 aromatic rings. The lowest BCUT2D eigenvalue weighted by Gasteiger charge is -2.19. The van der Waals surface area contributed by atoms with Crippen LogP contribution in [0.4, 0.5) is 0 Å². The Kier molecular flexibility index (Phi) is 5.74. The first-order valence-electron chi connectivity index (χ1n) is 7.74. The first-order chi connectivity index (χ1) is 9.98. The van der Waals surface area contributed by atoms with Gasteiger partial charge in [0.1, 0.15) is 4.90 Å². The summed E-state index contributed by atoms with van der Waals surface area (Å²) < 4.78 is 29.2. The summed E-state index contributed by atoms with van der Waals surface area (Å²) in [5.74, 6) is 0.945. The molecule has 6 heteroatoms.